The standard InChI is InChI=1S/C9H18N2O/c1-7-5-6-11(7)8(12)10-9(2,3)4/h7H,5-6H2,1-4H3,(H,10,12). The van der Waals surface area contributed by atoms with Crippen LogP contribution in [0.3, 0.4) is 0 Å². The molecule has 1 aliphatic heterocycles. The minimum Gasteiger partial charge on any atom is -0.333 e. The molecule has 1 atom stereocenters. The van der Waals surface area contributed by atoms with Crippen LogP contribution in [0.25, 0.3) is 0 Å². The van der Waals surface area contributed by atoms with Crippen molar-refractivity contribution in [2.24, 2.45) is 0 Å². The van der Waals surface area contributed by atoms with Gasteiger partial charge in [-0.1, -0.05) is 0 Å². The summed E-state index contributed by atoms with van der Waals surface area (Å²) in [5.41, 5.74) is -0.119. The third kappa shape index (κ3) is 2.13. The maximum absolute atomic E-state index is 11.5. The molecule has 0 radical (unpaired) electrons. The maximum atomic E-state index is 11.5. The van der Waals surface area contributed by atoms with Crippen LogP contribution in [0.4, 0.5) is 4.79 Å². The third-order valence-corrected chi connectivity index (χ3v) is 2.06. The normalized spacial score (nSPS) is 23.3. The van der Waals surface area contributed by atoms with E-state index in [0.717, 1.165) is 13.0 Å². The van der Waals surface area contributed by atoms with E-state index < -0.39 is 0 Å². The first-order valence-corrected chi connectivity index (χ1v) is 4.49. The van der Waals surface area contributed by atoms with Crippen LogP contribution < -0.4 is 5.32 Å². The summed E-state index contributed by atoms with van der Waals surface area (Å²) in [5, 5.41) is 2.94. The Kier molecular flexibility index (Phi) is 2.31. The van der Waals surface area contributed by atoms with Gasteiger partial charge >= 0.3 is 6.03 Å². The minimum absolute atomic E-state index is 0.0706. The first kappa shape index (κ1) is 9.36. The Balaban J connectivity index is 2.39. The zero-order valence-corrected chi connectivity index (χ0v) is 8.35. The number of rotatable bonds is 0. The molecule has 1 aliphatic rings. The largest absolute Gasteiger partial charge is 0.333 e. The van der Waals surface area contributed by atoms with Gasteiger partial charge in [0, 0.05) is 18.1 Å². The van der Waals surface area contributed by atoms with E-state index in [9.17, 15) is 4.79 Å². The van der Waals surface area contributed by atoms with Gasteiger partial charge in [-0.2, -0.15) is 0 Å². The highest BCUT2D eigenvalue weighted by atomic mass is 16.2. The van der Waals surface area contributed by atoms with Gasteiger partial charge in [0.1, 0.15) is 0 Å². The van der Waals surface area contributed by atoms with Crippen LogP contribution in [0.5, 0.6) is 0 Å². The Morgan fingerprint density at radius 1 is 1.50 bits per heavy atom. The van der Waals surface area contributed by atoms with Gasteiger partial charge in [0.15, 0.2) is 0 Å². The van der Waals surface area contributed by atoms with Crippen LogP contribution in [0.1, 0.15) is 34.1 Å². The summed E-state index contributed by atoms with van der Waals surface area (Å²) in [6.07, 6.45) is 1.14. The molecule has 3 nitrogen and oxygen atoms in total. The summed E-state index contributed by atoms with van der Waals surface area (Å²) in [6, 6.07) is 0.494. The van der Waals surface area contributed by atoms with Gasteiger partial charge in [-0.3, -0.25) is 0 Å². The smallest absolute Gasteiger partial charge is 0.318 e. The van der Waals surface area contributed by atoms with Gasteiger partial charge in [-0.25, -0.2) is 4.79 Å². The number of amides is 2. The van der Waals surface area contributed by atoms with E-state index in [2.05, 4.69) is 12.2 Å². The molecule has 1 fully saturated rings. The van der Waals surface area contributed by atoms with Crippen molar-refractivity contribution in [3.05, 3.63) is 0 Å². The van der Waals surface area contributed by atoms with Crippen LogP contribution in [0.2, 0.25) is 0 Å². The molecule has 0 aromatic carbocycles. The summed E-state index contributed by atoms with van der Waals surface area (Å²) in [7, 11) is 0. The zero-order valence-electron chi connectivity index (χ0n) is 8.35. The van der Waals surface area contributed by atoms with Gasteiger partial charge < -0.3 is 10.2 Å². The lowest BCUT2D eigenvalue weighted by Gasteiger charge is -2.40. The van der Waals surface area contributed by atoms with E-state index in [1.54, 1.807) is 0 Å². The van der Waals surface area contributed by atoms with Crippen molar-refractivity contribution < 1.29 is 4.79 Å². The van der Waals surface area contributed by atoms with Crippen molar-refractivity contribution in [2.75, 3.05) is 6.54 Å². The van der Waals surface area contributed by atoms with Gasteiger partial charge in [-0.15, -0.1) is 0 Å². The molecule has 1 N–H and O–H groups in total. The molecule has 2 amide bonds. The van der Waals surface area contributed by atoms with Gasteiger partial charge in [0.25, 0.3) is 0 Å². The number of nitrogens with one attached hydrogen (secondary N) is 1. The Bertz CT molecular complexity index is 183. The number of carbonyl (C=O) groups is 1. The molecule has 0 bridgehead atoms. The van der Waals surface area contributed by atoms with Crippen molar-refractivity contribution in [1.82, 2.24) is 10.2 Å². The molecule has 0 aliphatic carbocycles. The minimum atomic E-state index is -0.119. The van der Waals surface area contributed by atoms with E-state index >= 15 is 0 Å². The molecular weight excluding hydrogens is 152 g/mol. The van der Waals surface area contributed by atoms with Crippen molar-refractivity contribution >= 4 is 6.03 Å². The topological polar surface area (TPSA) is 32.3 Å². The molecule has 12 heavy (non-hydrogen) atoms. The maximum Gasteiger partial charge on any atom is 0.318 e. The fraction of sp³-hybridized carbons (Fsp3) is 0.889. The third-order valence-electron chi connectivity index (χ3n) is 2.06. The number of carbonyl (C=O) groups excluding carboxylic acids is 1. The molecular formula is C9H18N2O. The number of hydrogen-bond donors (Lipinski definition) is 1. The first-order chi connectivity index (χ1) is 5.40. The quantitative estimate of drug-likeness (QED) is 0.588. The predicted molar refractivity (Wildman–Crippen MR) is 49.1 cm³/mol. The zero-order chi connectivity index (χ0) is 9.35. The number of hydrogen-bond acceptors (Lipinski definition) is 1. The van der Waals surface area contributed by atoms with E-state index in [1.165, 1.54) is 0 Å². The second-order valence-corrected chi connectivity index (χ2v) is 4.51. The first-order valence-electron chi connectivity index (χ1n) is 4.49. The Labute approximate surface area is 74.1 Å². The van der Waals surface area contributed by atoms with Crippen LogP contribution in [0, 0.1) is 0 Å². The van der Waals surface area contributed by atoms with E-state index in [4.69, 9.17) is 0 Å². The summed E-state index contributed by atoms with van der Waals surface area (Å²) in [4.78, 5) is 13.3. The molecule has 70 valence electrons. The highest BCUT2D eigenvalue weighted by molar-refractivity contribution is 5.76. The van der Waals surface area contributed by atoms with Crippen molar-refractivity contribution in [3.8, 4) is 0 Å². The Hall–Kier alpha value is -0.730. The highest BCUT2D eigenvalue weighted by Crippen LogP contribution is 2.16. The summed E-state index contributed by atoms with van der Waals surface area (Å²) in [5.74, 6) is 0. The van der Waals surface area contributed by atoms with Crippen molar-refractivity contribution in [1.29, 1.82) is 0 Å². The lowest BCUT2D eigenvalue weighted by atomic mass is 10.1. The monoisotopic (exact) mass is 170 g/mol. The molecule has 0 saturated carbocycles. The predicted octanol–water partition coefficient (Wildman–Crippen LogP) is 1.59. The van der Waals surface area contributed by atoms with Crippen LogP contribution in [0.15, 0.2) is 0 Å². The van der Waals surface area contributed by atoms with Crippen LogP contribution in [-0.4, -0.2) is 29.1 Å². The number of urea groups is 1. The van der Waals surface area contributed by atoms with Crippen LogP contribution >= 0.6 is 0 Å². The second-order valence-electron chi connectivity index (χ2n) is 4.51. The van der Waals surface area contributed by atoms with Gasteiger partial charge in [0.05, 0.1) is 0 Å². The second kappa shape index (κ2) is 2.96. The van der Waals surface area contributed by atoms with Gasteiger partial charge in [0.2, 0.25) is 0 Å². The van der Waals surface area contributed by atoms with Crippen LogP contribution in [-0.2, 0) is 0 Å². The SMILES string of the molecule is CC1CCN1C(=O)NC(C)(C)C. The molecule has 1 rings (SSSR count). The van der Waals surface area contributed by atoms with Gasteiger partial charge in [-0.05, 0) is 34.1 Å². The summed E-state index contributed by atoms with van der Waals surface area (Å²) in [6.45, 7) is 8.97. The molecule has 1 saturated heterocycles. The lowest BCUT2D eigenvalue weighted by molar-refractivity contribution is 0.119. The summed E-state index contributed by atoms with van der Waals surface area (Å²) >= 11 is 0. The number of likely N-dealkylation sites (tertiary alicyclic amines) is 1. The highest BCUT2D eigenvalue weighted by Gasteiger charge is 2.29. The summed E-state index contributed by atoms with van der Waals surface area (Å²) < 4.78 is 0. The average Bonchev–Trinajstić information content (AvgIpc) is 1.79. The fourth-order valence-corrected chi connectivity index (χ4v) is 1.21. The van der Waals surface area contributed by atoms with Crippen molar-refractivity contribution in [3.63, 3.8) is 0 Å². The van der Waals surface area contributed by atoms with E-state index in [0.29, 0.717) is 6.04 Å². The molecule has 0 aromatic rings. The fourth-order valence-electron chi connectivity index (χ4n) is 1.21. The Morgan fingerprint density at radius 2 is 2.08 bits per heavy atom. The average molecular weight is 170 g/mol. The Morgan fingerprint density at radius 3 is 2.33 bits per heavy atom. The van der Waals surface area contributed by atoms with E-state index in [1.807, 2.05) is 25.7 Å². The molecule has 1 heterocycles. The lowest BCUT2D eigenvalue weighted by Crippen LogP contribution is -2.57. The molecule has 3 heteroatoms. The van der Waals surface area contributed by atoms with Crippen molar-refractivity contribution in [2.45, 2.75) is 45.7 Å². The van der Waals surface area contributed by atoms with E-state index in [-0.39, 0.29) is 11.6 Å². The molecule has 1 unspecified atom stereocenters. The molecule has 0 aromatic heterocycles. The number of nitrogens with zero attached hydrogens (tertiary/aromatic N) is 1. The molecule has 0 spiro atoms.